The van der Waals surface area contributed by atoms with E-state index in [4.69, 9.17) is 9.47 Å². The first-order chi connectivity index (χ1) is 16.1. The highest BCUT2D eigenvalue weighted by atomic mass is 16.6. The number of fused-ring (bicyclic) bond motifs is 3. The molecule has 34 heavy (non-hydrogen) atoms. The molecule has 2 amide bonds. The van der Waals surface area contributed by atoms with Crippen molar-refractivity contribution in [1.29, 1.82) is 0 Å². The molecule has 0 saturated carbocycles. The Morgan fingerprint density at radius 1 is 1.03 bits per heavy atom. The van der Waals surface area contributed by atoms with Gasteiger partial charge in [-0.2, -0.15) is 0 Å². The lowest BCUT2D eigenvalue weighted by atomic mass is 9.98. The van der Waals surface area contributed by atoms with Crippen molar-refractivity contribution < 1.29 is 29.0 Å². The minimum absolute atomic E-state index is 0.0127. The molecule has 2 aliphatic rings. The van der Waals surface area contributed by atoms with Crippen LogP contribution in [0.4, 0.5) is 4.79 Å². The predicted molar refractivity (Wildman–Crippen MR) is 125 cm³/mol. The van der Waals surface area contributed by atoms with Gasteiger partial charge in [0.1, 0.15) is 24.8 Å². The zero-order valence-electron chi connectivity index (χ0n) is 19.6. The highest BCUT2D eigenvalue weighted by Gasteiger charge is 2.40. The Kier molecular flexibility index (Phi) is 6.61. The normalized spacial score (nSPS) is 19.4. The number of esters is 1. The third-order valence-corrected chi connectivity index (χ3v) is 5.98. The summed E-state index contributed by atoms with van der Waals surface area (Å²) in [6, 6.07) is 15.1. The van der Waals surface area contributed by atoms with E-state index >= 15 is 0 Å². The minimum atomic E-state index is -0.923. The number of nitrogens with one attached hydrogen (secondary N) is 1. The van der Waals surface area contributed by atoms with Crippen molar-refractivity contribution in [2.45, 2.75) is 50.9 Å². The second kappa shape index (κ2) is 9.46. The monoisotopic (exact) mass is 466 g/mol. The fourth-order valence-corrected chi connectivity index (χ4v) is 4.60. The lowest BCUT2D eigenvalue weighted by molar-refractivity contribution is -0.154. The molecule has 0 spiro atoms. The summed E-state index contributed by atoms with van der Waals surface area (Å²) in [7, 11) is 0. The summed E-state index contributed by atoms with van der Waals surface area (Å²) in [4.78, 5) is 38.8. The van der Waals surface area contributed by atoms with Gasteiger partial charge in [-0.15, -0.1) is 0 Å². The quantitative estimate of drug-likeness (QED) is 0.657. The second-order valence-electron chi connectivity index (χ2n) is 9.67. The van der Waals surface area contributed by atoms with E-state index in [2.05, 4.69) is 17.4 Å². The Morgan fingerprint density at radius 2 is 1.62 bits per heavy atom. The number of benzene rings is 2. The van der Waals surface area contributed by atoms with Crippen LogP contribution in [0, 0.1) is 0 Å². The number of aliphatic hydroxyl groups is 1. The lowest BCUT2D eigenvalue weighted by Gasteiger charge is -2.24. The molecule has 1 fully saturated rings. The highest BCUT2D eigenvalue weighted by molar-refractivity contribution is 5.89. The maximum absolute atomic E-state index is 12.9. The molecule has 4 rings (SSSR count). The molecule has 8 nitrogen and oxygen atoms in total. The average molecular weight is 467 g/mol. The Bertz CT molecular complexity index is 1050. The molecule has 0 radical (unpaired) electrons. The molecule has 1 saturated heterocycles. The fraction of sp³-hybridized carbons (Fsp3) is 0.423. The van der Waals surface area contributed by atoms with Gasteiger partial charge in [0.05, 0.1) is 12.6 Å². The summed E-state index contributed by atoms with van der Waals surface area (Å²) in [6.07, 6.45) is -1.45. The van der Waals surface area contributed by atoms with E-state index in [-0.39, 0.29) is 32.0 Å². The van der Waals surface area contributed by atoms with Crippen LogP contribution in [0.3, 0.4) is 0 Å². The maximum atomic E-state index is 12.9. The molecule has 2 atom stereocenters. The van der Waals surface area contributed by atoms with E-state index in [9.17, 15) is 19.5 Å². The van der Waals surface area contributed by atoms with Crippen LogP contribution in [0.25, 0.3) is 11.1 Å². The van der Waals surface area contributed by atoms with Crippen molar-refractivity contribution >= 4 is 18.0 Å². The molecule has 1 heterocycles. The van der Waals surface area contributed by atoms with E-state index in [1.54, 1.807) is 20.8 Å². The first-order valence-corrected chi connectivity index (χ1v) is 11.4. The second-order valence-corrected chi connectivity index (χ2v) is 9.67. The number of hydrogen-bond acceptors (Lipinski definition) is 6. The van der Waals surface area contributed by atoms with Crippen LogP contribution in [-0.2, 0) is 19.1 Å². The van der Waals surface area contributed by atoms with Crippen LogP contribution in [0.15, 0.2) is 48.5 Å². The molecule has 0 aromatic heterocycles. The third kappa shape index (κ3) is 5.07. The molecule has 1 aliphatic heterocycles. The Morgan fingerprint density at radius 3 is 2.21 bits per heavy atom. The number of nitrogens with zero attached hydrogens (tertiary/aromatic N) is 1. The van der Waals surface area contributed by atoms with Crippen LogP contribution in [0.5, 0.6) is 0 Å². The topological polar surface area (TPSA) is 105 Å². The molecular formula is C26H30N2O6. The highest BCUT2D eigenvalue weighted by Crippen LogP contribution is 2.44. The van der Waals surface area contributed by atoms with Gasteiger partial charge in [-0.3, -0.25) is 14.5 Å². The standard InChI is InChI=1S/C26H30N2O6/c1-26(2,3)34-23(30)13-27-24(31)22-12-16(29)14-28(22)25(32)33-15-21-19-10-6-4-8-17(19)18-9-5-7-11-20(18)21/h4-11,16,21-22,29H,12-15H2,1-3H3,(H,27,31)/t16-,22+/m0/s1. The van der Waals surface area contributed by atoms with Gasteiger partial charge in [0.15, 0.2) is 0 Å². The Hall–Kier alpha value is -3.39. The molecular weight excluding hydrogens is 436 g/mol. The first-order valence-electron chi connectivity index (χ1n) is 11.4. The van der Waals surface area contributed by atoms with Gasteiger partial charge < -0.3 is 19.9 Å². The van der Waals surface area contributed by atoms with E-state index < -0.39 is 35.7 Å². The number of likely N-dealkylation sites (tertiary alicyclic amines) is 1. The summed E-state index contributed by atoms with van der Waals surface area (Å²) < 4.78 is 10.8. The fourth-order valence-electron chi connectivity index (χ4n) is 4.60. The summed E-state index contributed by atoms with van der Waals surface area (Å²) in [5, 5.41) is 12.6. The predicted octanol–water partition coefficient (Wildman–Crippen LogP) is 2.83. The first kappa shape index (κ1) is 23.8. The van der Waals surface area contributed by atoms with E-state index in [0.717, 1.165) is 22.3 Å². The average Bonchev–Trinajstić information content (AvgIpc) is 3.33. The number of rotatable bonds is 5. The van der Waals surface area contributed by atoms with Crippen molar-refractivity contribution in [1.82, 2.24) is 10.2 Å². The van der Waals surface area contributed by atoms with Crippen molar-refractivity contribution in [3.05, 3.63) is 59.7 Å². The van der Waals surface area contributed by atoms with Crippen molar-refractivity contribution in [3.8, 4) is 11.1 Å². The van der Waals surface area contributed by atoms with Crippen molar-refractivity contribution in [2.75, 3.05) is 19.7 Å². The van der Waals surface area contributed by atoms with E-state index in [1.807, 2.05) is 36.4 Å². The number of hydrogen-bond donors (Lipinski definition) is 2. The van der Waals surface area contributed by atoms with Gasteiger partial charge in [0.2, 0.25) is 5.91 Å². The molecule has 2 N–H and O–H groups in total. The molecule has 0 unspecified atom stereocenters. The van der Waals surface area contributed by atoms with Gasteiger partial charge >= 0.3 is 12.1 Å². The molecule has 0 bridgehead atoms. The summed E-state index contributed by atoms with van der Waals surface area (Å²) in [5.74, 6) is -1.22. The molecule has 180 valence electrons. The maximum Gasteiger partial charge on any atom is 0.410 e. The van der Waals surface area contributed by atoms with Crippen LogP contribution >= 0.6 is 0 Å². The van der Waals surface area contributed by atoms with Gasteiger partial charge in [-0.05, 0) is 43.0 Å². The number of carbonyl (C=O) groups is 3. The van der Waals surface area contributed by atoms with Gasteiger partial charge in [0, 0.05) is 12.3 Å². The SMILES string of the molecule is CC(C)(C)OC(=O)CNC(=O)[C@H]1C[C@H](O)CN1C(=O)OCC1c2ccccc2-c2ccccc21. The molecule has 8 heteroatoms. The van der Waals surface area contributed by atoms with Crippen LogP contribution < -0.4 is 5.32 Å². The Labute approximate surface area is 198 Å². The van der Waals surface area contributed by atoms with E-state index in [1.165, 1.54) is 4.90 Å². The van der Waals surface area contributed by atoms with Crippen LogP contribution in [-0.4, -0.2) is 65.4 Å². The summed E-state index contributed by atoms with van der Waals surface area (Å²) in [6.45, 7) is 4.99. The lowest BCUT2D eigenvalue weighted by Crippen LogP contribution is -2.47. The number of aliphatic hydroxyl groups excluding tert-OH is 1. The summed E-state index contributed by atoms with van der Waals surface area (Å²) >= 11 is 0. The minimum Gasteiger partial charge on any atom is -0.459 e. The number of carbonyl (C=O) groups excluding carboxylic acids is 3. The molecule has 2 aromatic rings. The number of amides is 2. The largest absolute Gasteiger partial charge is 0.459 e. The smallest absolute Gasteiger partial charge is 0.410 e. The molecule has 1 aliphatic carbocycles. The molecule has 2 aromatic carbocycles. The van der Waals surface area contributed by atoms with Crippen LogP contribution in [0.1, 0.15) is 44.2 Å². The van der Waals surface area contributed by atoms with E-state index in [0.29, 0.717) is 0 Å². The van der Waals surface area contributed by atoms with Crippen molar-refractivity contribution in [3.63, 3.8) is 0 Å². The number of β-amino-alcohol motifs (C(OH)–C–C–N with tert-alkyl or cyclic N) is 1. The zero-order valence-corrected chi connectivity index (χ0v) is 19.6. The van der Waals surface area contributed by atoms with Crippen molar-refractivity contribution in [2.24, 2.45) is 0 Å². The third-order valence-electron chi connectivity index (χ3n) is 5.98. The van der Waals surface area contributed by atoms with Gasteiger partial charge in [0.25, 0.3) is 0 Å². The van der Waals surface area contributed by atoms with Gasteiger partial charge in [-0.1, -0.05) is 48.5 Å². The summed E-state index contributed by atoms with van der Waals surface area (Å²) in [5.41, 5.74) is 3.75. The Balaban J connectivity index is 1.39. The van der Waals surface area contributed by atoms with Gasteiger partial charge in [-0.25, -0.2) is 4.79 Å². The van der Waals surface area contributed by atoms with Crippen LogP contribution in [0.2, 0.25) is 0 Å². The zero-order chi connectivity index (χ0) is 24.5. The number of ether oxygens (including phenoxy) is 2.